The molecule has 103 valence electrons. The van der Waals surface area contributed by atoms with Crippen molar-refractivity contribution in [3.05, 3.63) is 102 Å². The molecule has 1 atom stereocenters. The fraction of sp³-hybridized carbons (Fsp3) is 0.0526. The Hall–Kier alpha value is -2.61. The van der Waals surface area contributed by atoms with Crippen LogP contribution in [0.5, 0.6) is 5.75 Å². The molecule has 21 heavy (non-hydrogen) atoms. The Kier molecular flexibility index (Phi) is 3.97. The fourth-order valence-corrected chi connectivity index (χ4v) is 2.20. The van der Waals surface area contributed by atoms with Crippen LogP contribution < -0.4 is 4.74 Å². The molecule has 3 aromatic rings. The van der Waals surface area contributed by atoms with Crippen molar-refractivity contribution < 1.29 is 9.13 Å². The Morgan fingerprint density at radius 2 is 1.52 bits per heavy atom. The van der Waals surface area contributed by atoms with Gasteiger partial charge in [0.2, 0.25) is 0 Å². The van der Waals surface area contributed by atoms with Gasteiger partial charge in [-0.1, -0.05) is 66.7 Å². The van der Waals surface area contributed by atoms with Crippen LogP contribution >= 0.6 is 0 Å². The van der Waals surface area contributed by atoms with Crippen molar-refractivity contribution in [1.29, 1.82) is 0 Å². The second kappa shape index (κ2) is 6.23. The number of halogens is 1. The first-order chi connectivity index (χ1) is 10.3. The standard InChI is InChI=1S/C19H14FO/c20-18-14-8-7-13-17(18)19(15-9-3-1-4-10-15)21-16-11-5-2-6-12-16/h1-11,13-14,19H. The Morgan fingerprint density at radius 3 is 2.24 bits per heavy atom. The summed E-state index contributed by atoms with van der Waals surface area (Å²) in [4.78, 5) is 0. The average molecular weight is 277 g/mol. The Morgan fingerprint density at radius 1 is 0.810 bits per heavy atom. The number of benzene rings is 3. The van der Waals surface area contributed by atoms with Gasteiger partial charge in [-0.2, -0.15) is 0 Å². The van der Waals surface area contributed by atoms with E-state index < -0.39 is 6.10 Å². The minimum atomic E-state index is -0.494. The summed E-state index contributed by atoms with van der Waals surface area (Å²) in [5.41, 5.74) is 1.42. The monoisotopic (exact) mass is 277 g/mol. The van der Waals surface area contributed by atoms with Crippen LogP contribution in [0.2, 0.25) is 0 Å². The Labute approximate surface area is 123 Å². The number of para-hydroxylation sites is 1. The molecule has 0 saturated carbocycles. The van der Waals surface area contributed by atoms with Crippen molar-refractivity contribution in [1.82, 2.24) is 0 Å². The minimum Gasteiger partial charge on any atom is -0.480 e. The van der Waals surface area contributed by atoms with E-state index in [4.69, 9.17) is 4.74 Å². The van der Waals surface area contributed by atoms with Gasteiger partial charge in [0.05, 0.1) is 0 Å². The third-order valence-electron chi connectivity index (χ3n) is 3.22. The van der Waals surface area contributed by atoms with Crippen molar-refractivity contribution in [3.8, 4) is 5.75 Å². The average Bonchev–Trinajstić information content (AvgIpc) is 2.55. The number of ether oxygens (including phenoxy) is 1. The lowest BCUT2D eigenvalue weighted by Gasteiger charge is -2.20. The lowest BCUT2D eigenvalue weighted by Crippen LogP contribution is -2.11. The van der Waals surface area contributed by atoms with Crippen LogP contribution in [0.4, 0.5) is 4.39 Å². The van der Waals surface area contributed by atoms with Crippen LogP contribution in [0.1, 0.15) is 17.2 Å². The highest BCUT2D eigenvalue weighted by molar-refractivity contribution is 5.33. The lowest BCUT2D eigenvalue weighted by molar-refractivity contribution is 0.241. The molecule has 2 heteroatoms. The molecule has 1 radical (unpaired) electrons. The Balaban J connectivity index is 2.02. The largest absolute Gasteiger partial charge is 0.480 e. The van der Waals surface area contributed by atoms with Gasteiger partial charge in [-0.15, -0.1) is 0 Å². The zero-order valence-corrected chi connectivity index (χ0v) is 11.4. The van der Waals surface area contributed by atoms with Crippen molar-refractivity contribution in [2.45, 2.75) is 6.10 Å². The van der Waals surface area contributed by atoms with Gasteiger partial charge in [-0.05, 0) is 17.7 Å². The first kappa shape index (κ1) is 13.4. The molecular formula is C19H14FO. The van der Waals surface area contributed by atoms with Gasteiger partial charge in [-0.25, -0.2) is 4.39 Å². The predicted molar refractivity (Wildman–Crippen MR) is 80.6 cm³/mol. The molecule has 0 fully saturated rings. The topological polar surface area (TPSA) is 9.23 Å². The van der Waals surface area contributed by atoms with Gasteiger partial charge >= 0.3 is 0 Å². The summed E-state index contributed by atoms with van der Waals surface area (Å²) >= 11 is 0. The van der Waals surface area contributed by atoms with E-state index in [0.717, 1.165) is 5.56 Å². The number of hydrogen-bond acceptors (Lipinski definition) is 1. The summed E-state index contributed by atoms with van der Waals surface area (Å²) < 4.78 is 20.1. The van der Waals surface area contributed by atoms with Crippen LogP contribution in [0.15, 0.2) is 78.9 Å². The maximum absolute atomic E-state index is 14.1. The molecule has 1 unspecified atom stereocenters. The molecule has 3 rings (SSSR count). The Bertz CT molecular complexity index is 695. The van der Waals surface area contributed by atoms with E-state index in [-0.39, 0.29) is 5.82 Å². The molecule has 0 aliphatic rings. The molecule has 0 bridgehead atoms. The van der Waals surface area contributed by atoms with Crippen LogP contribution in [0, 0.1) is 11.9 Å². The van der Waals surface area contributed by atoms with Crippen molar-refractivity contribution in [3.63, 3.8) is 0 Å². The second-order valence-corrected chi connectivity index (χ2v) is 4.66. The van der Waals surface area contributed by atoms with E-state index in [1.54, 1.807) is 18.2 Å². The summed E-state index contributed by atoms with van der Waals surface area (Å²) in [5, 5.41) is 0. The molecule has 3 aromatic carbocycles. The summed E-state index contributed by atoms with van der Waals surface area (Å²) in [6.07, 6.45) is -0.494. The molecule has 0 heterocycles. The lowest BCUT2D eigenvalue weighted by atomic mass is 10.0. The molecule has 0 aromatic heterocycles. The van der Waals surface area contributed by atoms with E-state index in [0.29, 0.717) is 11.3 Å². The van der Waals surface area contributed by atoms with Gasteiger partial charge in [0.15, 0.2) is 6.10 Å². The fourth-order valence-electron chi connectivity index (χ4n) is 2.20. The van der Waals surface area contributed by atoms with Crippen LogP contribution in [0.25, 0.3) is 0 Å². The maximum atomic E-state index is 14.1. The third-order valence-corrected chi connectivity index (χ3v) is 3.22. The summed E-state index contributed by atoms with van der Waals surface area (Å²) in [7, 11) is 0. The minimum absolute atomic E-state index is 0.276. The maximum Gasteiger partial charge on any atom is 0.152 e. The first-order valence-electron chi connectivity index (χ1n) is 6.77. The zero-order chi connectivity index (χ0) is 14.5. The van der Waals surface area contributed by atoms with Crippen molar-refractivity contribution in [2.24, 2.45) is 0 Å². The molecule has 1 nitrogen and oxygen atoms in total. The summed E-state index contributed by atoms with van der Waals surface area (Å²) in [6, 6.07) is 26.7. The molecule has 0 spiro atoms. The number of hydrogen-bond donors (Lipinski definition) is 0. The first-order valence-corrected chi connectivity index (χ1v) is 6.77. The molecular weight excluding hydrogens is 263 g/mol. The molecule has 0 saturated heterocycles. The smallest absolute Gasteiger partial charge is 0.152 e. The second-order valence-electron chi connectivity index (χ2n) is 4.66. The van der Waals surface area contributed by atoms with Gasteiger partial charge in [0, 0.05) is 11.6 Å². The predicted octanol–water partition coefficient (Wildman–Crippen LogP) is 4.79. The van der Waals surface area contributed by atoms with Crippen molar-refractivity contribution in [2.75, 3.05) is 0 Å². The highest BCUT2D eigenvalue weighted by Crippen LogP contribution is 2.29. The highest BCUT2D eigenvalue weighted by Gasteiger charge is 2.19. The van der Waals surface area contributed by atoms with Crippen molar-refractivity contribution >= 4 is 0 Å². The molecule has 0 N–H and O–H groups in total. The number of rotatable bonds is 4. The van der Waals surface area contributed by atoms with Crippen LogP contribution in [-0.2, 0) is 0 Å². The normalized spacial score (nSPS) is 11.9. The van der Waals surface area contributed by atoms with E-state index in [1.165, 1.54) is 6.07 Å². The highest BCUT2D eigenvalue weighted by atomic mass is 19.1. The quantitative estimate of drug-likeness (QED) is 0.666. The van der Waals surface area contributed by atoms with Crippen LogP contribution in [-0.4, -0.2) is 0 Å². The van der Waals surface area contributed by atoms with Gasteiger partial charge in [-0.3, -0.25) is 0 Å². The van der Waals surface area contributed by atoms with E-state index >= 15 is 0 Å². The molecule has 0 aliphatic heterocycles. The van der Waals surface area contributed by atoms with Gasteiger partial charge in [0.25, 0.3) is 0 Å². The van der Waals surface area contributed by atoms with E-state index in [2.05, 4.69) is 6.07 Å². The summed E-state index contributed by atoms with van der Waals surface area (Å²) in [5.74, 6) is 0.317. The molecule has 0 amide bonds. The van der Waals surface area contributed by atoms with Gasteiger partial charge in [0.1, 0.15) is 11.6 Å². The van der Waals surface area contributed by atoms with E-state index in [1.807, 2.05) is 54.6 Å². The zero-order valence-electron chi connectivity index (χ0n) is 11.4. The molecule has 0 aliphatic carbocycles. The van der Waals surface area contributed by atoms with E-state index in [9.17, 15) is 4.39 Å². The van der Waals surface area contributed by atoms with Gasteiger partial charge < -0.3 is 4.74 Å². The summed E-state index contributed by atoms with van der Waals surface area (Å²) in [6.45, 7) is 0. The van der Waals surface area contributed by atoms with Crippen LogP contribution in [0.3, 0.4) is 0 Å². The SMILES string of the molecule is Fc1ccccc1C(Oc1[c]cccc1)c1ccccc1. The third kappa shape index (κ3) is 3.11.